The molecule has 4 nitrogen and oxygen atoms in total. The van der Waals surface area contributed by atoms with Gasteiger partial charge in [0.25, 0.3) is 0 Å². The van der Waals surface area contributed by atoms with Gasteiger partial charge >= 0.3 is 35.0 Å². The van der Waals surface area contributed by atoms with Gasteiger partial charge in [-0.05, 0) is 0 Å². The van der Waals surface area contributed by atoms with Crippen LogP contribution >= 0.6 is 0 Å². The fourth-order valence-corrected chi connectivity index (χ4v) is 0. The van der Waals surface area contributed by atoms with Gasteiger partial charge in [-0.2, -0.15) is 0 Å². The first kappa shape index (κ1) is 15.8. The van der Waals surface area contributed by atoms with Gasteiger partial charge < -0.3 is 10.2 Å². The molecule has 0 aliphatic heterocycles. The van der Waals surface area contributed by atoms with Gasteiger partial charge in [-0.1, -0.05) is 0 Å². The molecule has 0 heterocycles. The summed E-state index contributed by atoms with van der Waals surface area (Å²) in [6.45, 7) is 0. The van der Waals surface area contributed by atoms with Crippen LogP contribution in [0.15, 0.2) is 0 Å². The molecule has 0 unspecified atom stereocenters. The first-order valence-corrected chi connectivity index (χ1v) is 1.11. The fourth-order valence-electron chi connectivity index (χ4n) is 0. The standard InChI is InChI=1S/C2H2O4.Mg.Zn.2H/c3-1(4)2(5)6;;;;/h(H,3,4)(H,5,6);;;;. The number of aliphatic carboxylic acids is 2. The molecule has 0 saturated carbocycles. The molecule has 0 aliphatic carbocycles. The Balaban J connectivity index is -0.000000125. The van der Waals surface area contributed by atoms with Gasteiger partial charge in [-0.25, -0.2) is 9.59 Å². The Labute approximate surface area is 74.2 Å². The Bertz CT molecular complexity index is 80.0. The third-order valence-electron chi connectivity index (χ3n) is 0.183. The van der Waals surface area contributed by atoms with Crippen molar-refractivity contribution in [3.63, 3.8) is 0 Å². The fraction of sp³-hybridized carbons (Fsp3) is 0. The van der Waals surface area contributed by atoms with Gasteiger partial charge in [0, 0.05) is 19.5 Å². The molecule has 0 spiro atoms. The maximum atomic E-state index is 9.10. The Morgan fingerprint density at radius 3 is 1.12 bits per heavy atom. The van der Waals surface area contributed by atoms with Gasteiger partial charge in [0.05, 0.1) is 0 Å². The number of rotatable bonds is 0. The van der Waals surface area contributed by atoms with Crippen molar-refractivity contribution in [3.05, 3.63) is 0 Å². The predicted octanol–water partition coefficient (Wildman–Crippen LogP) is -1.76. The van der Waals surface area contributed by atoms with E-state index in [1.54, 1.807) is 0 Å². The summed E-state index contributed by atoms with van der Waals surface area (Å²) in [6, 6.07) is 0. The number of hydrogen-bond donors (Lipinski definition) is 2. The number of carboxylic acids is 2. The topological polar surface area (TPSA) is 74.6 Å². The van der Waals surface area contributed by atoms with Crippen molar-refractivity contribution in [2.75, 3.05) is 0 Å². The quantitative estimate of drug-likeness (QED) is 0.343. The maximum absolute atomic E-state index is 9.10. The third-order valence-corrected chi connectivity index (χ3v) is 0.183. The van der Waals surface area contributed by atoms with Crippen molar-refractivity contribution in [2.45, 2.75) is 0 Å². The summed E-state index contributed by atoms with van der Waals surface area (Å²) >= 11 is 0. The summed E-state index contributed by atoms with van der Waals surface area (Å²) in [5.41, 5.74) is 0. The molecule has 0 aromatic heterocycles. The van der Waals surface area contributed by atoms with Crippen LogP contribution in [-0.2, 0) is 29.1 Å². The molecule has 2 N–H and O–H groups in total. The molecule has 0 bridgehead atoms. The molecule has 0 radical (unpaired) electrons. The van der Waals surface area contributed by atoms with Crippen LogP contribution in [-0.4, -0.2) is 45.2 Å². The number of carbonyl (C=O) groups is 2. The second-order valence-electron chi connectivity index (χ2n) is 0.610. The Kier molecular flexibility index (Phi) is 14.4. The van der Waals surface area contributed by atoms with Crippen LogP contribution in [0, 0.1) is 0 Å². The van der Waals surface area contributed by atoms with E-state index >= 15 is 0 Å². The molecule has 0 aromatic carbocycles. The van der Waals surface area contributed by atoms with Crippen LogP contribution in [0.5, 0.6) is 0 Å². The van der Waals surface area contributed by atoms with Crippen molar-refractivity contribution < 1.29 is 39.3 Å². The Morgan fingerprint density at radius 1 is 1.00 bits per heavy atom. The molecule has 0 rings (SSSR count). The first-order chi connectivity index (χ1) is 2.64. The van der Waals surface area contributed by atoms with E-state index in [9.17, 15) is 0 Å². The molecular weight excluding hydrogens is 178 g/mol. The van der Waals surface area contributed by atoms with E-state index in [1.165, 1.54) is 0 Å². The van der Waals surface area contributed by atoms with Gasteiger partial charge in [0.15, 0.2) is 0 Å². The molecule has 0 atom stereocenters. The second kappa shape index (κ2) is 7.33. The molecule has 0 aliphatic rings. The Hall–Kier alpha value is 0.330. The average Bonchev–Trinajstić information content (AvgIpc) is 1.36. The normalized spacial score (nSPS) is 5.50. The van der Waals surface area contributed by atoms with E-state index in [0.717, 1.165) is 0 Å². The number of carboxylic acid groups (broad SMARTS) is 2. The summed E-state index contributed by atoms with van der Waals surface area (Å²) in [4.78, 5) is 18.2. The summed E-state index contributed by atoms with van der Waals surface area (Å²) in [7, 11) is 0. The number of hydrogen-bond acceptors (Lipinski definition) is 2. The molecule has 6 heteroatoms. The van der Waals surface area contributed by atoms with Crippen LogP contribution in [0.3, 0.4) is 0 Å². The van der Waals surface area contributed by atoms with E-state index in [4.69, 9.17) is 19.8 Å². The molecule has 0 aromatic rings. The largest absolute Gasteiger partial charge is 0.473 e. The van der Waals surface area contributed by atoms with Gasteiger partial charge in [0.2, 0.25) is 0 Å². The van der Waals surface area contributed by atoms with Crippen molar-refractivity contribution in [1.82, 2.24) is 0 Å². The van der Waals surface area contributed by atoms with Crippen LogP contribution in [0.2, 0.25) is 0 Å². The molecular formula is C2H4MgO4Zn. The predicted molar refractivity (Wildman–Crippen MR) is 23.8 cm³/mol. The van der Waals surface area contributed by atoms with Gasteiger partial charge in [0.1, 0.15) is 0 Å². The summed E-state index contributed by atoms with van der Waals surface area (Å²) in [5.74, 6) is -3.65. The van der Waals surface area contributed by atoms with Crippen LogP contribution in [0.25, 0.3) is 0 Å². The van der Waals surface area contributed by atoms with Gasteiger partial charge in [-0.3, -0.25) is 0 Å². The third kappa shape index (κ3) is 9.59. The zero-order valence-electron chi connectivity index (χ0n) is 3.42. The second-order valence-corrected chi connectivity index (χ2v) is 0.610. The molecule has 0 saturated heterocycles. The van der Waals surface area contributed by atoms with Gasteiger partial charge in [-0.15, -0.1) is 0 Å². The minimum Gasteiger partial charge on any atom is -0.473 e. The van der Waals surface area contributed by atoms with E-state index < -0.39 is 11.9 Å². The van der Waals surface area contributed by atoms with E-state index in [2.05, 4.69) is 0 Å². The summed E-state index contributed by atoms with van der Waals surface area (Å²) in [6.07, 6.45) is 0. The van der Waals surface area contributed by atoms with Crippen molar-refractivity contribution in [1.29, 1.82) is 0 Å². The molecule has 8 heavy (non-hydrogen) atoms. The van der Waals surface area contributed by atoms with Crippen molar-refractivity contribution >= 4 is 35.0 Å². The van der Waals surface area contributed by atoms with Crippen molar-refractivity contribution in [2.24, 2.45) is 0 Å². The molecule has 0 fully saturated rings. The minimum absolute atomic E-state index is 0. The van der Waals surface area contributed by atoms with Crippen molar-refractivity contribution in [3.8, 4) is 0 Å². The van der Waals surface area contributed by atoms with E-state index in [0.29, 0.717) is 0 Å². The average molecular weight is 182 g/mol. The Morgan fingerprint density at radius 2 is 1.12 bits per heavy atom. The first-order valence-electron chi connectivity index (χ1n) is 1.11. The van der Waals surface area contributed by atoms with Crippen LogP contribution in [0.4, 0.5) is 0 Å². The smallest absolute Gasteiger partial charge is 0.414 e. The SMILES string of the molecule is O=C(O)C(=O)O.[MgH2].[Zn]. The zero-order chi connectivity index (χ0) is 5.15. The molecule has 40 valence electrons. The van der Waals surface area contributed by atoms with Crippen LogP contribution in [0.1, 0.15) is 0 Å². The van der Waals surface area contributed by atoms with E-state index in [1.807, 2.05) is 0 Å². The maximum Gasteiger partial charge on any atom is 0.414 e. The molecule has 0 amide bonds. The monoisotopic (exact) mass is 180 g/mol. The minimum atomic E-state index is -1.82. The summed E-state index contributed by atoms with van der Waals surface area (Å²) in [5, 5.41) is 14.8. The van der Waals surface area contributed by atoms with Crippen LogP contribution < -0.4 is 0 Å². The zero-order valence-corrected chi connectivity index (χ0v) is 6.39. The summed E-state index contributed by atoms with van der Waals surface area (Å²) < 4.78 is 0. The van der Waals surface area contributed by atoms with E-state index in [-0.39, 0.29) is 42.5 Å².